The summed E-state index contributed by atoms with van der Waals surface area (Å²) in [5, 5.41) is 5.08. The van der Waals surface area contributed by atoms with Crippen molar-refractivity contribution in [3.63, 3.8) is 0 Å². The molecule has 2 heteroatoms. The summed E-state index contributed by atoms with van der Waals surface area (Å²) < 4.78 is 5.05. The van der Waals surface area contributed by atoms with Crippen LogP contribution >= 0.6 is 0 Å². The zero-order valence-corrected chi connectivity index (χ0v) is 33.4. The summed E-state index contributed by atoms with van der Waals surface area (Å²) in [7, 11) is 0. The van der Waals surface area contributed by atoms with Crippen LogP contribution in [0.5, 0.6) is 0 Å². The first-order valence-corrected chi connectivity index (χ1v) is 21.2. The van der Waals surface area contributed by atoms with E-state index in [4.69, 9.17) is 0 Å². The van der Waals surface area contributed by atoms with Gasteiger partial charge in [0, 0.05) is 43.9 Å². The molecule has 0 fully saturated rings. The predicted octanol–water partition coefficient (Wildman–Crippen LogP) is 14.5. The first-order valence-electron chi connectivity index (χ1n) is 21.2. The Kier molecular flexibility index (Phi) is 6.07. The first-order chi connectivity index (χ1) is 29.5. The van der Waals surface area contributed by atoms with Crippen LogP contribution in [0.1, 0.15) is 47.2 Å². The molecule has 3 aliphatic carbocycles. The van der Waals surface area contributed by atoms with Gasteiger partial charge in [-0.1, -0.05) is 159 Å². The van der Waals surface area contributed by atoms with Crippen LogP contribution in [0.4, 0.5) is 0 Å². The molecule has 2 nitrogen and oxygen atoms in total. The van der Waals surface area contributed by atoms with Gasteiger partial charge in [0.15, 0.2) is 0 Å². The highest BCUT2D eigenvalue weighted by Crippen LogP contribution is 2.64. The van der Waals surface area contributed by atoms with Crippen LogP contribution in [-0.4, -0.2) is 9.13 Å². The number of hydrogen-bond acceptors (Lipinski definition) is 0. The van der Waals surface area contributed by atoms with Crippen LogP contribution < -0.4 is 0 Å². The van der Waals surface area contributed by atoms with Gasteiger partial charge in [0.2, 0.25) is 0 Å². The third-order valence-corrected chi connectivity index (χ3v) is 14.5. The van der Waals surface area contributed by atoms with Crippen LogP contribution in [0, 0.1) is 0 Å². The zero-order chi connectivity index (χ0) is 39.5. The Bertz CT molecular complexity index is 3640. The molecular weight excluding hydrogens is 725 g/mol. The van der Waals surface area contributed by atoms with Crippen molar-refractivity contribution in [2.24, 2.45) is 0 Å². The van der Waals surface area contributed by atoms with E-state index in [1.165, 1.54) is 122 Å². The highest BCUT2D eigenvalue weighted by atomic mass is 15.0. The summed E-state index contributed by atoms with van der Waals surface area (Å²) >= 11 is 0. The second-order valence-electron chi connectivity index (χ2n) is 17.6. The maximum absolute atomic E-state index is 2.54. The molecule has 9 aromatic carbocycles. The van der Waals surface area contributed by atoms with Crippen molar-refractivity contribution in [1.29, 1.82) is 0 Å². The number of nitrogens with zero attached hydrogens (tertiary/aromatic N) is 2. The van der Waals surface area contributed by atoms with Gasteiger partial charge in [-0.15, -0.1) is 0 Å². The van der Waals surface area contributed by atoms with Crippen molar-refractivity contribution < 1.29 is 0 Å². The summed E-state index contributed by atoms with van der Waals surface area (Å²) in [6.07, 6.45) is 0. The van der Waals surface area contributed by atoms with Crippen LogP contribution in [0.25, 0.3) is 88.4 Å². The lowest BCUT2D eigenvalue weighted by Gasteiger charge is -2.30. The topological polar surface area (TPSA) is 9.86 Å². The Balaban J connectivity index is 1.09. The lowest BCUT2D eigenvalue weighted by Crippen LogP contribution is -2.25. The normalized spacial score (nSPS) is 14.8. The Hall–Kier alpha value is -7.42. The molecule has 14 rings (SSSR count). The Morgan fingerprint density at radius 3 is 1.62 bits per heavy atom. The average molecular weight is 763 g/mol. The maximum Gasteiger partial charge on any atom is 0.0726 e. The number of aromatic nitrogens is 2. The molecule has 280 valence electrons. The molecule has 0 atom stereocenters. The summed E-state index contributed by atoms with van der Waals surface area (Å²) in [6, 6.07) is 73.3. The fourth-order valence-corrected chi connectivity index (χ4v) is 12.1. The minimum Gasteiger partial charge on any atom is -0.309 e. The van der Waals surface area contributed by atoms with E-state index in [1.54, 1.807) is 0 Å². The number of benzene rings is 9. The van der Waals surface area contributed by atoms with Crippen LogP contribution in [-0.2, 0) is 10.8 Å². The van der Waals surface area contributed by atoms with E-state index in [0.29, 0.717) is 0 Å². The minimum atomic E-state index is -0.410. The van der Waals surface area contributed by atoms with Crippen molar-refractivity contribution in [2.75, 3.05) is 0 Å². The Labute approximate surface area is 348 Å². The molecular formula is C58H38N2. The van der Waals surface area contributed by atoms with E-state index in [2.05, 4.69) is 217 Å². The maximum atomic E-state index is 2.54. The molecule has 60 heavy (non-hydrogen) atoms. The molecule has 2 heterocycles. The van der Waals surface area contributed by atoms with E-state index < -0.39 is 5.41 Å². The summed E-state index contributed by atoms with van der Waals surface area (Å²) in [5.41, 5.74) is 23.0. The molecule has 0 saturated carbocycles. The third-order valence-electron chi connectivity index (χ3n) is 14.5. The van der Waals surface area contributed by atoms with Gasteiger partial charge in [0.1, 0.15) is 0 Å². The molecule has 0 aliphatic heterocycles. The fraction of sp³-hybridized carbons (Fsp3) is 0.0690. The zero-order valence-electron chi connectivity index (χ0n) is 33.4. The molecule has 11 aromatic rings. The molecule has 0 bridgehead atoms. The van der Waals surface area contributed by atoms with Crippen molar-refractivity contribution in [3.8, 4) is 44.8 Å². The Morgan fingerprint density at radius 1 is 0.317 bits per heavy atom. The average Bonchev–Trinajstić information content (AvgIpc) is 4.05. The van der Waals surface area contributed by atoms with Gasteiger partial charge >= 0.3 is 0 Å². The van der Waals surface area contributed by atoms with Crippen molar-refractivity contribution >= 4 is 43.6 Å². The van der Waals surface area contributed by atoms with Gasteiger partial charge in [0.25, 0.3) is 0 Å². The van der Waals surface area contributed by atoms with E-state index in [-0.39, 0.29) is 5.41 Å². The van der Waals surface area contributed by atoms with E-state index >= 15 is 0 Å². The molecule has 0 unspecified atom stereocenters. The van der Waals surface area contributed by atoms with Gasteiger partial charge in [-0.05, 0) is 110 Å². The molecule has 0 N–H and O–H groups in total. The smallest absolute Gasteiger partial charge is 0.0726 e. The number of fused-ring (bicyclic) bond motifs is 20. The van der Waals surface area contributed by atoms with E-state index in [1.807, 2.05) is 0 Å². The van der Waals surface area contributed by atoms with E-state index in [9.17, 15) is 0 Å². The van der Waals surface area contributed by atoms with Crippen molar-refractivity contribution in [3.05, 3.63) is 228 Å². The standard InChI is InChI=1S/C58H38N2/c1-57(2)46-23-11-6-20-39(46)43-33-45-40-21-10-15-27-52(40)59(54(45)34-51(43)57)36-28-31-53-44(32-36)41-29-30-50-55(56(41)60(53)35-16-4-3-5-17-35)42-22-9-14-26-49(42)58(50)47-24-12-7-18-37(47)38-19-8-13-25-48(38)58/h3-34H,1-2H3. The minimum absolute atomic E-state index is 0.0944. The highest BCUT2D eigenvalue weighted by Gasteiger charge is 2.52. The van der Waals surface area contributed by atoms with E-state index in [0.717, 1.165) is 0 Å². The second kappa shape index (κ2) is 11.2. The second-order valence-corrected chi connectivity index (χ2v) is 17.6. The molecule has 0 radical (unpaired) electrons. The van der Waals surface area contributed by atoms with Gasteiger partial charge < -0.3 is 9.13 Å². The third kappa shape index (κ3) is 3.77. The quantitative estimate of drug-likeness (QED) is 0.166. The van der Waals surface area contributed by atoms with Gasteiger partial charge in [-0.2, -0.15) is 0 Å². The van der Waals surface area contributed by atoms with Crippen LogP contribution in [0.3, 0.4) is 0 Å². The first kappa shape index (κ1) is 32.5. The summed E-state index contributed by atoms with van der Waals surface area (Å²) in [4.78, 5) is 0. The van der Waals surface area contributed by atoms with Gasteiger partial charge in [0.05, 0.1) is 27.5 Å². The lowest BCUT2D eigenvalue weighted by molar-refractivity contribution is 0.661. The highest BCUT2D eigenvalue weighted by molar-refractivity contribution is 6.18. The molecule has 2 aromatic heterocycles. The molecule has 1 spiro atoms. The summed E-state index contributed by atoms with van der Waals surface area (Å²) in [6.45, 7) is 4.76. The number of para-hydroxylation sites is 2. The Morgan fingerprint density at radius 2 is 0.883 bits per heavy atom. The largest absolute Gasteiger partial charge is 0.309 e. The number of rotatable bonds is 2. The molecule has 0 saturated heterocycles. The number of hydrogen-bond donors (Lipinski definition) is 0. The lowest BCUT2D eigenvalue weighted by atomic mass is 9.70. The van der Waals surface area contributed by atoms with Crippen molar-refractivity contribution in [1.82, 2.24) is 9.13 Å². The summed E-state index contributed by atoms with van der Waals surface area (Å²) in [5.74, 6) is 0. The van der Waals surface area contributed by atoms with Gasteiger partial charge in [-0.3, -0.25) is 0 Å². The van der Waals surface area contributed by atoms with Crippen LogP contribution in [0.15, 0.2) is 194 Å². The van der Waals surface area contributed by atoms with Gasteiger partial charge in [-0.25, -0.2) is 0 Å². The monoisotopic (exact) mass is 762 g/mol. The SMILES string of the molecule is CC1(C)c2ccccc2-c2cc3c4ccccc4n(-c4ccc5c(c4)c4ccc6c(c4n5-c4ccccc4)-c4ccccc4C64c5ccccc5-c5ccccc54)c3cc21. The van der Waals surface area contributed by atoms with Crippen LogP contribution in [0.2, 0.25) is 0 Å². The van der Waals surface area contributed by atoms with Crippen molar-refractivity contribution in [2.45, 2.75) is 24.7 Å². The predicted molar refractivity (Wildman–Crippen MR) is 249 cm³/mol. The molecule has 3 aliphatic rings. The fourth-order valence-electron chi connectivity index (χ4n) is 12.1. The molecule has 0 amide bonds.